The van der Waals surface area contributed by atoms with Crippen LogP contribution in [0.5, 0.6) is 5.75 Å². The molecule has 4 aromatic rings. The van der Waals surface area contributed by atoms with E-state index in [0.717, 1.165) is 28.1 Å². The topological polar surface area (TPSA) is 87.8 Å². The van der Waals surface area contributed by atoms with Gasteiger partial charge >= 0.3 is 0 Å². The SMILES string of the molecule is COc1cc(-c2ccccc2)c(C)cc1Nc1ncc(Cl)c(Nc2cc(C)[nH]n2)n1. The third-order valence-electron chi connectivity index (χ3n) is 4.57. The van der Waals surface area contributed by atoms with Gasteiger partial charge in [0.05, 0.1) is 19.0 Å². The molecule has 0 atom stereocenters. The summed E-state index contributed by atoms with van der Waals surface area (Å²) >= 11 is 6.25. The molecule has 4 rings (SSSR count). The summed E-state index contributed by atoms with van der Waals surface area (Å²) in [6, 6.07) is 16.1. The zero-order chi connectivity index (χ0) is 21.1. The van der Waals surface area contributed by atoms with Crippen LogP contribution in [0.3, 0.4) is 0 Å². The highest BCUT2D eigenvalue weighted by atomic mass is 35.5. The Morgan fingerprint density at radius 1 is 1.03 bits per heavy atom. The van der Waals surface area contributed by atoms with E-state index in [4.69, 9.17) is 16.3 Å². The molecule has 2 aromatic carbocycles. The molecule has 0 saturated heterocycles. The number of hydrogen-bond acceptors (Lipinski definition) is 6. The van der Waals surface area contributed by atoms with Crippen molar-refractivity contribution < 1.29 is 4.74 Å². The molecule has 0 unspecified atom stereocenters. The summed E-state index contributed by atoms with van der Waals surface area (Å²) in [5.41, 5.74) is 5.02. The zero-order valence-corrected chi connectivity index (χ0v) is 17.6. The van der Waals surface area contributed by atoms with E-state index in [1.54, 1.807) is 7.11 Å². The van der Waals surface area contributed by atoms with Crippen molar-refractivity contribution in [2.75, 3.05) is 17.7 Å². The van der Waals surface area contributed by atoms with Crippen molar-refractivity contribution in [3.8, 4) is 16.9 Å². The first-order valence-corrected chi connectivity index (χ1v) is 9.74. The smallest absolute Gasteiger partial charge is 0.229 e. The number of methoxy groups -OCH3 is 1. The van der Waals surface area contributed by atoms with Crippen LogP contribution in [0, 0.1) is 13.8 Å². The Hall–Kier alpha value is -3.58. The predicted molar refractivity (Wildman–Crippen MR) is 120 cm³/mol. The second kappa shape index (κ2) is 8.42. The van der Waals surface area contributed by atoms with Gasteiger partial charge in [0.2, 0.25) is 5.95 Å². The van der Waals surface area contributed by atoms with Crippen LogP contribution < -0.4 is 15.4 Å². The minimum atomic E-state index is 0.388. The molecule has 30 heavy (non-hydrogen) atoms. The van der Waals surface area contributed by atoms with Crippen molar-refractivity contribution >= 4 is 34.9 Å². The van der Waals surface area contributed by atoms with Gasteiger partial charge in [-0.05, 0) is 42.7 Å². The average Bonchev–Trinajstić information content (AvgIpc) is 3.16. The Morgan fingerprint density at radius 3 is 2.53 bits per heavy atom. The van der Waals surface area contributed by atoms with E-state index >= 15 is 0 Å². The number of aromatic nitrogens is 4. The van der Waals surface area contributed by atoms with Gasteiger partial charge < -0.3 is 15.4 Å². The summed E-state index contributed by atoms with van der Waals surface area (Å²) < 4.78 is 5.61. The number of anilines is 4. The summed E-state index contributed by atoms with van der Waals surface area (Å²) in [5, 5.41) is 13.7. The number of benzene rings is 2. The first-order valence-electron chi connectivity index (χ1n) is 9.36. The van der Waals surface area contributed by atoms with Crippen LogP contribution in [0.15, 0.2) is 54.7 Å². The van der Waals surface area contributed by atoms with Crippen LogP contribution in [0.2, 0.25) is 5.02 Å². The number of H-pyrrole nitrogens is 1. The van der Waals surface area contributed by atoms with E-state index in [2.05, 4.69) is 49.9 Å². The predicted octanol–water partition coefficient (Wildman–Crippen LogP) is 5.63. The maximum absolute atomic E-state index is 6.25. The molecule has 0 saturated carbocycles. The molecular weight excluding hydrogens is 400 g/mol. The molecule has 152 valence electrons. The summed E-state index contributed by atoms with van der Waals surface area (Å²) in [5.74, 6) is 2.16. The molecular formula is C22H21ClN6O. The van der Waals surface area contributed by atoms with E-state index in [0.29, 0.717) is 28.4 Å². The first-order chi connectivity index (χ1) is 14.5. The van der Waals surface area contributed by atoms with Crippen molar-refractivity contribution in [1.29, 1.82) is 0 Å². The lowest BCUT2D eigenvalue weighted by molar-refractivity contribution is 0.417. The van der Waals surface area contributed by atoms with Gasteiger partial charge in [-0.25, -0.2) is 4.98 Å². The minimum absolute atomic E-state index is 0.388. The highest BCUT2D eigenvalue weighted by Gasteiger charge is 2.13. The molecule has 8 heteroatoms. The van der Waals surface area contributed by atoms with E-state index in [1.807, 2.05) is 43.3 Å². The number of ether oxygens (including phenoxy) is 1. The monoisotopic (exact) mass is 420 g/mol. The molecule has 0 aliphatic carbocycles. The molecule has 0 bridgehead atoms. The second-order valence-electron chi connectivity index (χ2n) is 6.81. The van der Waals surface area contributed by atoms with E-state index < -0.39 is 0 Å². The number of rotatable bonds is 6. The highest BCUT2D eigenvalue weighted by Crippen LogP contribution is 2.35. The Kier molecular flexibility index (Phi) is 5.54. The molecule has 0 radical (unpaired) electrons. The van der Waals surface area contributed by atoms with Crippen LogP contribution >= 0.6 is 11.6 Å². The van der Waals surface area contributed by atoms with Gasteiger partial charge in [-0.1, -0.05) is 41.9 Å². The lowest BCUT2D eigenvalue weighted by Gasteiger charge is -2.15. The number of aryl methyl sites for hydroxylation is 2. The van der Waals surface area contributed by atoms with Crippen LogP contribution in [-0.4, -0.2) is 27.3 Å². The molecule has 0 aliphatic heterocycles. The fourth-order valence-corrected chi connectivity index (χ4v) is 3.26. The van der Waals surface area contributed by atoms with Crippen molar-refractivity contribution in [1.82, 2.24) is 20.2 Å². The molecule has 0 amide bonds. The first kappa shape index (κ1) is 19.7. The highest BCUT2D eigenvalue weighted by molar-refractivity contribution is 6.32. The number of nitrogens with zero attached hydrogens (tertiary/aromatic N) is 3. The third kappa shape index (κ3) is 4.21. The van der Waals surface area contributed by atoms with Gasteiger partial charge in [0.15, 0.2) is 11.6 Å². The van der Waals surface area contributed by atoms with E-state index in [9.17, 15) is 0 Å². The van der Waals surface area contributed by atoms with Crippen molar-refractivity contribution in [2.45, 2.75) is 13.8 Å². The maximum Gasteiger partial charge on any atom is 0.229 e. The molecule has 0 aliphatic rings. The summed E-state index contributed by atoms with van der Waals surface area (Å²) in [7, 11) is 1.64. The third-order valence-corrected chi connectivity index (χ3v) is 4.85. The van der Waals surface area contributed by atoms with E-state index in [1.165, 1.54) is 6.20 Å². The van der Waals surface area contributed by atoms with Crippen LogP contribution in [0.25, 0.3) is 11.1 Å². The van der Waals surface area contributed by atoms with Crippen LogP contribution in [0.4, 0.5) is 23.3 Å². The summed E-state index contributed by atoms with van der Waals surface area (Å²) in [4.78, 5) is 8.77. The summed E-state index contributed by atoms with van der Waals surface area (Å²) in [6.07, 6.45) is 1.54. The standard InChI is InChI=1S/C22H21ClN6O/c1-13-9-18(19(30-3)11-16(13)15-7-5-4-6-8-15)25-22-24-12-17(23)21(27-22)26-20-10-14(2)28-29-20/h4-12H,1-3H3,(H3,24,25,26,27,28,29). The molecule has 0 fully saturated rings. The Morgan fingerprint density at radius 2 is 1.83 bits per heavy atom. The number of aromatic amines is 1. The Bertz CT molecular complexity index is 1180. The average molecular weight is 421 g/mol. The van der Waals surface area contributed by atoms with Gasteiger partial charge in [0, 0.05) is 11.8 Å². The number of hydrogen-bond donors (Lipinski definition) is 3. The molecule has 0 spiro atoms. The quantitative estimate of drug-likeness (QED) is 0.374. The van der Waals surface area contributed by atoms with Crippen molar-refractivity contribution in [2.24, 2.45) is 0 Å². The van der Waals surface area contributed by atoms with Gasteiger partial charge in [-0.3, -0.25) is 5.10 Å². The van der Waals surface area contributed by atoms with Gasteiger partial charge in [0.25, 0.3) is 0 Å². The maximum atomic E-state index is 6.25. The number of halogens is 1. The Balaban J connectivity index is 1.64. The Labute approximate surface area is 179 Å². The fourth-order valence-electron chi connectivity index (χ4n) is 3.12. The molecule has 7 nitrogen and oxygen atoms in total. The van der Waals surface area contributed by atoms with Gasteiger partial charge in [-0.2, -0.15) is 10.1 Å². The number of nitrogens with one attached hydrogen (secondary N) is 3. The molecule has 2 aromatic heterocycles. The minimum Gasteiger partial charge on any atom is -0.495 e. The molecule has 3 N–H and O–H groups in total. The summed E-state index contributed by atoms with van der Waals surface area (Å²) in [6.45, 7) is 3.98. The molecule has 2 heterocycles. The normalized spacial score (nSPS) is 10.7. The zero-order valence-electron chi connectivity index (χ0n) is 16.8. The second-order valence-corrected chi connectivity index (χ2v) is 7.22. The fraction of sp³-hybridized carbons (Fsp3) is 0.136. The van der Waals surface area contributed by atoms with Crippen molar-refractivity contribution in [3.05, 3.63) is 71.0 Å². The van der Waals surface area contributed by atoms with Crippen LogP contribution in [-0.2, 0) is 0 Å². The lowest BCUT2D eigenvalue weighted by Crippen LogP contribution is -2.03. The van der Waals surface area contributed by atoms with Crippen LogP contribution in [0.1, 0.15) is 11.3 Å². The largest absolute Gasteiger partial charge is 0.495 e. The van der Waals surface area contributed by atoms with E-state index in [-0.39, 0.29) is 0 Å². The van der Waals surface area contributed by atoms with Gasteiger partial charge in [-0.15, -0.1) is 0 Å². The van der Waals surface area contributed by atoms with Gasteiger partial charge in [0.1, 0.15) is 10.8 Å². The lowest BCUT2D eigenvalue weighted by atomic mass is 9.99. The van der Waals surface area contributed by atoms with Crippen molar-refractivity contribution in [3.63, 3.8) is 0 Å².